The maximum absolute atomic E-state index is 13.0. The number of ether oxygens (including phenoxy) is 4. The average molecular weight is 737 g/mol. The van der Waals surface area contributed by atoms with Crippen molar-refractivity contribution in [1.29, 1.82) is 0 Å². The van der Waals surface area contributed by atoms with Crippen molar-refractivity contribution in [2.75, 3.05) is 13.2 Å². The van der Waals surface area contributed by atoms with Crippen molar-refractivity contribution in [3.05, 3.63) is 11.6 Å². The van der Waals surface area contributed by atoms with Gasteiger partial charge in [0.15, 0.2) is 12.6 Å². The van der Waals surface area contributed by atoms with Crippen LogP contribution in [0.3, 0.4) is 0 Å². The van der Waals surface area contributed by atoms with Crippen LogP contribution < -0.4 is 0 Å². The second kappa shape index (κ2) is 13.5. The largest absolute Gasteiger partial charge is 0.481 e. The molecule has 7 aliphatic rings. The van der Waals surface area contributed by atoms with E-state index < -0.39 is 66.7 Å². The number of carboxylic acids is 1. The van der Waals surface area contributed by atoms with E-state index in [0.717, 1.165) is 44.9 Å². The van der Waals surface area contributed by atoms with Crippen LogP contribution in [0.25, 0.3) is 0 Å². The first-order valence-electron chi connectivity index (χ1n) is 19.9. The molecule has 18 atom stereocenters. The zero-order valence-electron chi connectivity index (χ0n) is 31.8. The molecule has 2 saturated heterocycles. The van der Waals surface area contributed by atoms with Crippen LogP contribution in [0.1, 0.15) is 106 Å². The minimum atomic E-state index is -1.59. The fourth-order valence-electron chi connectivity index (χ4n) is 12.9. The minimum Gasteiger partial charge on any atom is -0.481 e. The fourth-order valence-corrected chi connectivity index (χ4v) is 12.9. The summed E-state index contributed by atoms with van der Waals surface area (Å²) in [6, 6.07) is 0. The summed E-state index contributed by atoms with van der Waals surface area (Å²) in [5.41, 5.74) is -0.0577. The van der Waals surface area contributed by atoms with Gasteiger partial charge in [-0.25, -0.2) is 0 Å². The Morgan fingerprint density at radius 3 is 2.25 bits per heavy atom. The Kier molecular flexibility index (Phi) is 10.1. The maximum Gasteiger partial charge on any atom is 0.310 e. The number of hydrogen-bond acceptors (Lipinski definition) is 11. The van der Waals surface area contributed by atoms with Gasteiger partial charge in [-0.15, -0.1) is 0 Å². The molecule has 5 aliphatic carbocycles. The topological polar surface area (TPSA) is 196 Å². The van der Waals surface area contributed by atoms with Crippen molar-refractivity contribution in [1.82, 2.24) is 0 Å². The molecular weight excluding hydrogens is 672 g/mol. The van der Waals surface area contributed by atoms with Crippen LogP contribution in [0.4, 0.5) is 0 Å². The normalized spacial score (nSPS) is 54.5. The highest BCUT2D eigenvalue weighted by Gasteiger charge is 2.66. The van der Waals surface area contributed by atoms with Crippen molar-refractivity contribution in [2.45, 2.75) is 167 Å². The second-order valence-corrected chi connectivity index (χ2v) is 19.4. The Morgan fingerprint density at radius 1 is 0.846 bits per heavy atom. The molecule has 4 saturated carbocycles. The fraction of sp³-hybridized carbons (Fsp3) is 0.925. The smallest absolute Gasteiger partial charge is 0.310 e. The molecular formula is C40H64O12. The number of allylic oxidation sites excluding steroid dienone is 2. The predicted octanol–water partition coefficient (Wildman–Crippen LogP) is 3.13. The third-order valence-electron chi connectivity index (χ3n) is 16.3. The van der Waals surface area contributed by atoms with Gasteiger partial charge in [0, 0.05) is 6.61 Å². The Labute approximate surface area is 307 Å². The molecule has 6 fully saturated rings. The van der Waals surface area contributed by atoms with Gasteiger partial charge in [0.25, 0.3) is 0 Å². The highest BCUT2D eigenvalue weighted by molar-refractivity contribution is 5.76. The SMILES string of the molecule is CC1OC(OC2C(OC3CCC4(C)C5CC=C6C7CC(C)(CO)CCC7(C(=O)O)CCC6(C)C5CCC4C3(C)C)OCC(O)C2O)C(O)C(O)C1O. The summed E-state index contributed by atoms with van der Waals surface area (Å²) in [7, 11) is 0. The van der Waals surface area contributed by atoms with E-state index >= 15 is 0 Å². The molecule has 2 heterocycles. The first kappa shape index (κ1) is 39.1. The van der Waals surface area contributed by atoms with Crippen LogP contribution >= 0.6 is 0 Å². The van der Waals surface area contributed by atoms with Gasteiger partial charge in [-0.1, -0.05) is 46.3 Å². The number of aliphatic hydroxyl groups is 6. The zero-order valence-corrected chi connectivity index (χ0v) is 31.8. The molecule has 0 spiro atoms. The van der Waals surface area contributed by atoms with Gasteiger partial charge in [-0.3, -0.25) is 4.79 Å². The van der Waals surface area contributed by atoms with Crippen molar-refractivity contribution < 1.29 is 59.5 Å². The standard InChI is InChI=1S/C40H64O12/c1-20-28(43)30(45)31(46)33(50-20)52-32-29(44)25(42)18-49-34(32)51-27-11-12-39(6)22-7-8-23-24-17-37(4,19-41)13-15-40(24,35(47)48)16-14-38(23,5)21(22)9-10-26(39)36(27,2)3/h8,20-22,24-34,41-46H,7,9-19H2,1-6H3,(H,47,48). The van der Waals surface area contributed by atoms with Gasteiger partial charge in [0.05, 0.1) is 24.2 Å². The highest BCUT2D eigenvalue weighted by Crippen LogP contribution is 2.72. The van der Waals surface area contributed by atoms with E-state index in [1.807, 2.05) is 0 Å². The Hall–Kier alpha value is -1.19. The van der Waals surface area contributed by atoms with Crippen molar-refractivity contribution in [3.8, 4) is 0 Å². The summed E-state index contributed by atoms with van der Waals surface area (Å²) >= 11 is 0. The van der Waals surface area contributed by atoms with Gasteiger partial charge >= 0.3 is 5.97 Å². The Balaban J connectivity index is 1.11. The van der Waals surface area contributed by atoms with E-state index in [1.165, 1.54) is 5.57 Å². The van der Waals surface area contributed by atoms with Gasteiger partial charge in [-0.05, 0) is 116 Å². The molecule has 18 unspecified atom stereocenters. The summed E-state index contributed by atoms with van der Waals surface area (Å²) in [5, 5.41) is 73.8. The van der Waals surface area contributed by atoms with Crippen molar-refractivity contribution >= 4 is 5.97 Å². The van der Waals surface area contributed by atoms with Crippen LogP contribution in [0.5, 0.6) is 0 Å². The second-order valence-electron chi connectivity index (χ2n) is 19.4. The minimum absolute atomic E-state index is 0.0109. The maximum atomic E-state index is 13.0. The van der Waals surface area contributed by atoms with E-state index in [4.69, 9.17) is 18.9 Å². The number of aliphatic hydroxyl groups excluding tert-OH is 6. The molecule has 0 aromatic carbocycles. The molecule has 0 amide bonds. The Bertz CT molecular complexity index is 1390. The van der Waals surface area contributed by atoms with E-state index in [0.29, 0.717) is 37.0 Å². The summed E-state index contributed by atoms with van der Waals surface area (Å²) in [6.45, 7) is 12.9. The molecule has 2 aliphatic heterocycles. The molecule has 296 valence electrons. The van der Waals surface area contributed by atoms with Gasteiger partial charge in [0.2, 0.25) is 0 Å². The lowest BCUT2D eigenvalue weighted by molar-refractivity contribution is -0.364. The van der Waals surface area contributed by atoms with Crippen LogP contribution in [0.2, 0.25) is 0 Å². The molecule has 0 radical (unpaired) electrons. The lowest BCUT2D eigenvalue weighted by Gasteiger charge is -2.67. The number of hydrogen-bond donors (Lipinski definition) is 7. The molecule has 0 bridgehead atoms. The number of carboxylic acid groups (broad SMARTS) is 1. The molecule has 0 aromatic heterocycles. The van der Waals surface area contributed by atoms with E-state index in [2.05, 4.69) is 40.7 Å². The molecule has 0 aromatic rings. The molecule has 12 heteroatoms. The molecule has 12 nitrogen and oxygen atoms in total. The number of fused-ring (bicyclic) bond motifs is 7. The average Bonchev–Trinajstić information content (AvgIpc) is 3.10. The van der Waals surface area contributed by atoms with Gasteiger partial charge < -0.3 is 54.7 Å². The summed E-state index contributed by atoms with van der Waals surface area (Å²) < 4.78 is 24.4. The van der Waals surface area contributed by atoms with Crippen LogP contribution in [-0.4, -0.2) is 116 Å². The Morgan fingerprint density at radius 2 is 1.56 bits per heavy atom. The van der Waals surface area contributed by atoms with Gasteiger partial charge in [-0.2, -0.15) is 0 Å². The van der Waals surface area contributed by atoms with Crippen molar-refractivity contribution in [3.63, 3.8) is 0 Å². The summed E-state index contributed by atoms with van der Waals surface area (Å²) in [6.07, 6.45) is -1.20. The van der Waals surface area contributed by atoms with Crippen LogP contribution in [-0.2, 0) is 23.7 Å². The first-order valence-corrected chi connectivity index (χ1v) is 19.9. The molecule has 7 N–H and O–H groups in total. The summed E-state index contributed by atoms with van der Waals surface area (Å²) in [4.78, 5) is 13.0. The third kappa shape index (κ3) is 5.87. The van der Waals surface area contributed by atoms with Crippen LogP contribution in [0, 0.1) is 50.7 Å². The van der Waals surface area contributed by atoms with Gasteiger partial charge in [0.1, 0.15) is 36.6 Å². The van der Waals surface area contributed by atoms with E-state index in [9.17, 15) is 40.5 Å². The highest BCUT2D eigenvalue weighted by atomic mass is 16.8. The first-order chi connectivity index (χ1) is 24.3. The monoisotopic (exact) mass is 736 g/mol. The van der Waals surface area contributed by atoms with E-state index in [-0.39, 0.29) is 46.9 Å². The lowest BCUT2D eigenvalue weighted by atomic mass is 9.38. The molecule has 7 rings (SSSR count). The number of aliphatic carboxylic acids is 1. The predicted molar refractivity (Wildman–Crippen MR) is 187 cm³/mol. The number of rotatable bonds is 6. The van der Waals surface area contributed by atoms with Crippen molar-refractivity contribution in [2.24, 2.45) is 50.7 Å². The van der Waals surface area contributed by atoms with E-state index in [1.54, 1.807) is 6.92 Å². The lowest BCUT2D eigenvalue weighted by Crippen LogP contribution is -2.64. The zero-order chi connectivity index (χ0) is 37.8. The third-order valence-corrected chi connectivity index (χ3v) is 16.3. The quantitative estimate of drug-likeness (QED) is 0.156. The summed E-state index contributed by atoms with van der Waals surface area (Å²) in [5.74, 6) is 0.441. The van der Waals surface area contributed by atoms with Crippen LogP contribution in [0.15, 0.2) is 11.6 Å². The molecule has 52 heavy (non-hydrogen) atoms. The number of carbonyl (C=O) groups is 1.